The van der Waals surface area contributed by atoms with E-state index in [9.17, 15) is 8.42 Å². The normalized spacial score (nSPS) is 10.8. The molecule has 0 saturated heterocycles. The number of hydrogen-bond acceptors (Lipinski definition) is 3. The quantitative estimate of drug-likeness (QED) is 0.777. The van der Waals surface area contributed by atoms with Crippen LogP contribution in [0.4, 0.5) is 0 Å². The summed E-state index contributed by atoms with van der Waals surface area (Å²) in [7, 11) is -2.03. The fourth-order valence-electron chi connectivity index (χ4n) is 1.28. The van der Waals surface area contributed by atoms with Crippen molar-refractivity contribution in [3.05, 3.63) is 29.3 Å². The number of hydrogen-bond donors (Lipinski definition) is 2. The minimum atomic E-state index is -3.40. The lowest BCUT2D eigenvalue weighted by atomic mass is 10.1. The highest BCUT2D eigenvalue weighted by Gasteiger charge is 2.11. The fourth-order valence-corrected chi connectivity index (χ4v) is 2.09. The van der Waals surface area contributed by atoms with Crippen molar-refractivity contribution in [3.63, 3.8) is 0 Å². The van der Waals surface area contributed by atoms with E-state index in [4.69, 9.17) is 5.11 Å². The number of aliphatic hydroxyl groups is 1. The van der Waals surface area contributed by atoms with Crippen molar-refractivity contribution in [2.75, 3.05) is 13.7 Å². The van der Waals surface area contributed by atoms with Gasteiger partial charge in [-0.15, -0.1) is 0 Å². The maximum absolute atomic E-state index is 11.5. The van der Waals surface area contributed by atoms with Crippen molar-refractivity contribution < 1.29 is 13.5 Å². The molecular weight excluding hydrogens is 238 g/mol. The summed E-state index contributed by atoms with van der Waals surface area (Å²) in [6.07, 6.45) is 0.413. The second-order valence-electron chi connectivity index (χ2n) is 3.46. The summed E-state index contributed by atoms with van der Waals surface area (Å²) >= 11 is 0. The Bertz CT molecular complexity index is 553. The first kappa shape index (κ1) is 13.7. The first-order valence-corrected chi connectivity index (χ1v) is 6.63. The molecule has 17 heavy (non-hydrogen) atoms. The van der Waals surface area contributed by atoms with Gasteiger partial charge in [-0.05, 0) is 37.7 Å². The zero-order valence-corrected chi connectivity index (χ0v) is 10.6. The molecule has 0 spiro atoms. The van der Waals surface area contributed by atoms with Gasteiger partial charge < -0.3 is 5.11 Å². The zero-order valence-electron chi connectivity index (χ0n) is 9.82. The van der Waals surface area contributed by atoms with Crippen LogP contribution >= 0.6 is 0 Å². The Morgan fingerprint density at radius 2 is 2.12 bits per heavy atom. The standard InChI is InChI=1S/C12H15NO3S/c1-10-9-12(17(15,16)13-2)7-6-11(10)5-3-4-8-14/h6-7,9,13-14H,4,8H2,1-2H3. The number of nitrogens with one attached hydrogen (secondary N) is 1. The van der Waals surface area contributed by atoms with E-state index in [1.165, 1.54) is 13.1 Å². The molecule has 0 saturated carbocycles. The van der Waals surface area contributed by atoms with Gasteiger partial charge in [-0.2, -0.15) is 0 Å². The lowest BCUT2D eigenvalue weighted by Gasteiger charge is -2.04. The molecule has 1 rings (SSSR count). The molecule has 0 aliphatic carbocycles. The van der Waals surface area contributed by atoms with Gasteiger partial charge in [0.2, 0.25) is 10.0 Å². The molecule has 0 bridgehead atoms. The van der Waals surface area contributed by atoms with E-state index in [0.29, 0.717) is 6.42 Å². The van der Waals surface area contributed by atoms with Crippen molar-refractivity contribution in [3.8, 4) is 11.8 Å². The van der Waals surface area contributed by atoms with Gasteiger partial charge in [0.1, 0.15) is 0 Å². The first-order chi connectivity index (χ1) is 8.01. The maximum atomic E-state index is 11.5. The number of benzene rings is 1. The first-order valence-electron chi connectivity index (χ1n) is 5.15. The van der Waals surface area contributed by atoms with Gasteiger partial charge in [-0.3, -0.25) is 0 Å². The van der Waals surface area contributed by atoms with E-state index in [2.05, 4.69) is 16.6 Å². The van der Waals surface area contributed by atoms with Crippen LogP contribution in [0.2, 0.25) is 0 Å². The Balaban J connectivity index is 3.08. The molecule has 0 aromatic heterocycles. The molecular formula is C12H15NO3S. The van der Waals surface area contributed by atoms with Crippen molar-refractivity contribution in [1.29, 1.82) is 0 Å². The summed E-state index contributed by atoms with van der Waals surface area (Å²) in [5, 5.41) is 8.61. The molecule has 1 aromatic carbocycles. The second kappa shape index (κ2) is 5.82. The highest BCUT2D eigenvalue weighted by atomic mass is 32.2. The van der Waals surface area contributed by atoms with Crippen LogP contribution in [0.3, 0.4) is 0 Å². The summed E-state index contributed by atoms with van der Waals surface area (Å²) in [5.74, 6) is 5.68. The molecule has 1 aromatic rings. The van der Waals surface area contributed by atoms with Crippen LogP contribution in [0.5, 0.6) is 0 Å². The molecule has 2 N–H and O–H groups in total. The highest BCUT2D eigenvalue weighted by molar-refractivity contribution is 7.89. The monoisotopic (exact) mass is 253 g/mol. The highest BCUT2D eigenvalue weighted by Crippen LogP contribution is 2.14. The van der Waals surface area contributed by atoms with Crippen LogP contribution < -0.4 is 4.72 Å². The summed E-state index contributed by atoms with van der Waals surface area (Å²) in [4.78, 5) is 0.227. The van der Waals surface area contributed by atoms with E-state index >= 15 is 0 Å². The van der Waals surface area contributed by atoms with Crippen molar-refractivity contribution in [2.45, 2.75) is 18.2 Å². The molecule has 0 aliphatic heterocycles. The fraction of sp³-hybridized carbons (Fsp3) is 0.333. The summed E-state index contributed by atoms with van der Waals surface area (Å²) in [6.45, 7) is 1.83. The Hall–Kier alpha value is -1.35. The van der Waals surface area contributed by atoms with E-state index in [0.717, 1.165) is 11.1 Å². The third-order valence-electron chi connectivity index (χ3n) is 2.24. The second-order valence-corrected chi connectivity index (χ2v) is 5.35. The van der Waals surface area contributed by atoms with Crippen LogP contribution in [-0.4, -0.2) is 27.2 Å². The summed E-state index contributed by atoms with van der Waals surface area (Å²) in [5.41, 5.74) is 1.57. The van der Waals surface area contributed by atoms with Crippen LogP contribution in [0.15, 0.2) is 23.1 Å². The predicted molar refractivity (Wildman–Crippen MR) is 66.0 cm³/mol. The van der Waals surface area contributed by atoms with Gasteiger partial charge in [0.05, 0.1) is 11.5 Å². The number of aliphatic hydroxyl groups excluding tert-OH is 1. The van der Waals surface area contributed by atoms with E-state index in [-0.39, 0.29) is 11.5 Å². The Kier molecular flexibility index (Phi) is 4.70. The SMILES string of the molecule is CNS(=O)(=O)c1ccc(C#CCCO)c(C)c1. The van der Waals surface area contributed by atoms with Crippen LogP contribution in [-0.2, 0) is 10.0 Å². The molecule has 0 atom stereocenters. The number of rotatable bonds is 3. The van der Waals surface area contributed by atoms with Gasteiger partial charge >= 0.3 is 0 Å². The molecule has 0 aliphatic rings. The Morgan fingerprint density at radius 1 is 1.41 bits per heavy atom. The molecule has 92 valence electrons. The number of sulfonamides is 1. The maximum Gasteiger partial charge on any atom is 0.240 e. The van der Waals surface area contributed by atoms with Crippen molar-refractivity contribution in [1.82, 2.24) is 4.72 Å². The van der Waals surface area contributed by atoms with Gasteiger partial charge in [-0.1, -0.05) is 11.8 Å². The van der Waals surface area contributed by atoms with Gasteiger partial charge in [0.25, 0.3) is 0 Å². The average Bonchev–Trinajstić information content (AvgIpc) is 2.31. The smallest absolute Gasteiger partial charge is 0.240 e. The van der Waals surface area contributed by atoms with Crippen LogP contribution in [0, 0.1) is 18.8 Å². The molecule has 0 fully saturated rings. The van der Waals surface area contributed by atoms with Crippen molar-refractivity contribution in [2.24, 2.45) is 0 Å². The lowest BCUT2D eigenvalue weighted by Crippen LogP contribution is -2.18. The van der Waals surface area contributed by atoms with Crippen molar-refractivity contribution >= 4 is 10.0 Å². The molecule has 4 nitrogen and oxygen atoms in total. The number of aryl methyl sites for hydroxylation is 1. The summed E-state index contributed by atoms with van der Waals surface area (Å²) in [6, 6.07) is 4.76. The zero-order chi connectivity index (χ0) is 12.9. The molecule has 0 amide bonds. The van der Waals surface area contributed by atoms with Gasteiger partial charge in [0.15, 0.2) is 0 Å². The Labute approximate surface area is 102 Å². The Morgan fingerprint density at radius 3 is 2.65 bits per heavy atom. The minimum Gasteiger partial charge on any atom is -0.395 e. The van der Waals surface area contributed by atoms with Crippen LogP contribution in [0.1, 0.15) is 17.5 Å². The van der Waals surface area contributed by atoms with Crippen LogP contribution in [0.25, 0.3) is 0 Å². The topological polar surface area (TPSA) is 66.4 Å². The third kappa shape index (κ3) is 3.56. The summed E-state index contributed by atoms with van der Waals surface area (Å²) < 4.78 is 25.3. The van der Waals surface area contributed by atoms with Gasteiger partial charge in [-0.25, -0.2) is 13.1 Å². The molecule has 0 heterocycles. The average molecular weight is 253 g/mol. The largest absolute Gasteiger partial charge is 0.395 e. The minimum absolute atomic E-state index is 0.0261. The van der Waals surface area contributed by atoms with Gasteiger partial charge in [0, 0.05) is 12.0 Å². The predicted octanol–water partition coefficient (Wildman–Crippen LogP) is 0.637. The molecule has 5 heteroatoms. The van der Waals surface area contributed by atoms with E-state index in [1.807, 2.05) is 0 Å². The molecule has 0 radical (unpaired) electrons. The van der Waals surface area contributed by atoms with E-state index in [1.54, 1.807) is 19.1 Å². The lowest BCUT2D eigenvalue weighted by molar-refractivity contribution is 0.305. The third-order valence-corrected chi connectivity index (χ3v) is 3.65. The van der Waals surface area contributed by atoms with E-state index < -0.39 is 10.0 Å². The molecule has 0 unspecified atom stereocenters.